The number of hydrogen-bond acceptors (Lipinski definition) is 3. The van der Waals surface area contributed by atoms with Crippen molar-refractivity contribution in [1.82, 2.24) is 9.78 Å². The van der Waals surface area contributed by atoms with Gasteiger partial charge < -0.3 is 5.32 Å². The molecule has 0 aliphatic carbocycles. The summed E-state index contributed by atoms with van der Waals surface area (Å²) in [4.78, 5) is 24.5. The highest BCUT2D eigenvalue weighted by Crippen LogP contribution is 2.14. The topological polar surface area (TPSA) is 64.0 Å². The first-order chi connectivity index (χ1) is 11.0. The minimum atomic E-state index is -0.280. The fraction of sp³-hybridized carbons (Fsp3) is 0.167. The molecule has 5 nitrogen and oxygen atoms in total. The molecule has 0 bridgehead atoms. The van der Waals surface area contributed by atoms with Crippen LogP contribution in [0.15, 0.2) is 53.5 Å². The second-order valence-corrected chi connectivity index (χ2v) is 5.54. The van der Waals surface area contributed by atoms with E-state index in [1.54, 1.807) is 18.3 Å². The zero-order valence-corrected chi connectivity index (χ0v) is 13.0. The van der Waals surface area contributed by atoms with Crippen molar-refractivity contribution in [3.8, 4) is 0 Å². The number of hydrogen-bond donors (Lipinski definition) is 1. The predicted molar refractivity (Wildman–Crippen MR) is 90.5 cm³/mol. The van der Waals surface area contributed by atoms with E-state index < -0.39 is 0 Å². The average Bonchev–Trinajstić information content (AvgIpc) is 2.54. The molecule has 0 aliphatic rings. The molecule has 0 atom stereocenters. The maximum absolute atomic E-state index is 12.3. The van der Waals surface area contributed by atoms with Crippen LogP contribution in [0.2, 0.25) is 0 Å². The van der Waals surface area contributed by atoms with Crippen LogP contribution in [0.3, 0.4) is 0 Å². The highest BCUT2D eigenvalue weighted by Gasteiger charge is 2.09. The Bertz CT molecular complexity index is 944. The van der Waals surface area contributed by atoms with E-state index >= 15 is 0 Å². The SMILES string of the molecule is Cc1ccc(NC(=O)Cn2ncc3ccccc3c2=O)cc1C. The number of rotatable bonds is 3. The van der Waals surface area contributed by atoms with E-state index in [9.17, 15) is 9.59 Å². The van der Waals surface area contributed by atoms with Gasteiger partial charge in [-0.15, -0.1) is 0 Å². The maximum Gasteiger partial charge on any atom is 0.275 e. The Morgan fingerprint density at radius 2 is 1.91 bits per heavy atom. The minimum absolute atomic E-state index is 0.114. The predicted octanol–water partition coefficient (Wildman–Crippen LogP) is 2.65. The third kappa shape index (κ3) is 3.13. The van der Waals surface area contributed by atoms with Crippen LogP contribution in [0.1, 0.15) is 11.1 Å². The molecule has 2 aromatic carbocycles. The quantitative estimate of drug-likeness (QED) is 0.809. The smallest absolute Gasteiger partial charge is 0.275 e. The first-order valence-corrected chi connectivity index (χ1v) is 7.36. The standard InChI is InChI=1S/C18H17N3O2/c1-12-7-8-15(9-13(12)2)20-17(22)11-21-18(23)16-6-4-3-5-14(16)10-19-21/h3-10H,11H2,1-2H3,(H,20,22). The van der Waals surface area contributed by atoms with Crippen molar-refractivity contribution in [2.45, 2.75) is 20.4 Å². The Kier molecular flexibility index (Phi) is 3.93. The van der Waals surface area contributed by atoms with Crippen LogP contribution >= 0.6 is 0 Å². The summed E-state index contributed by atoms with van der Waals surface area (Å²) < 4.78 is 1.18. The molecule has 0 saturated carbocycles. The molecule has 0 unspecified atom stereocenters. The van der Waals surface area contributed by atoms with Crippen LogP contribution in [0, 0.1) is 13.8 Å². The van der Waals surface area contributed by atoms with Crippen LogP contribution in [-0.2, 0) is 11.3 Å². The fourth-order valence-electron chi connectivity index (χ4n) is 2.40. The zero-order chi connectivity index (χ0) is 16.4. The lowest BCUT2D eigenvalue weighted by Crippen LogP contribution is -2.29. The average molecular weight is 307 g/mol. The zero-order valence-electron chi connectivity index (χ0n) is 13.0. The van der Waals surface area contributed by atoms with E-state index in [4.69, 9.17) is 0 Å². The number of aromatic nitrogens is 2. The first kappa shape index (κ1) is 15.0. The van der Waals surface area contributed by atoms with Crippen LogP contribution in [0.4, 0.5) is 5.69 Å². The van der Waals surface area contributed by atoms with Gasteiger partial charge in [0.25, 0.3) is 5.56 Å². The Morgan fingerprint density at radius 1 is 1.13 bits per heavy atom. The Labute approximate surface area is 133 Å². The Balaban J connectivity index is 1.81. The van der Waals surface area contributed by atoms with Gasteiger partial charge in [-0.1, -0.05) is 24.3 Å². The van der Waals surface area contributed by atoms with Crippen molar-refractivity contribution >= 4 is 22.4 Å². The molecule has 1 N–H and O–H groups in total. The largest absolute Gasteiger partial charge is 0.324 e. The van der Waals surface area contributed by atoms with Gasteiger partial charge in [-0.05, 0) is 43.2 Å². The highest BCUT2D eigenvalue weighted by atomic mass is 16.2. The number of aryl methyl sites for hydroxylation is 2. The molecule has 0 aliphatic heterocycles. The summed E-state index contributed by atoms with van der Waals surface area (Å²) in [5, 5.41) is 8.18. The second-order valence-electron chi connectivity index (χ2n) is 5.54. The van der Waals surface area contributed by atoms with Crippen LogP contribution in [-0.4, -0.2) is 15.7 Å². The Hall–Kier alpha value is -2.95. The lowest BCUT2D eigenvalue weighted by Gasteiger charge is -2.09. The molecule has 3 aromatic rings. The number of carbonyl (C=O) groups is 1. The number of amides is 1. The van der Waals surface area contributed by atoms with Crippen molar-refractivity contribution < 1.29 is 4.79 Å². The van der Waals surface area contributed by atoms with Crippen LogP contribution < -0.4 is 10.9 Å². The number of nitrogens with one attached hydrogen (secondary N) is 1. The third-order valence-corrected chi connectivity index (χ3v) is 3.85. The van der Waals surface area contributed by atoms with Gasteiger partial charge in [0.15, 0.2) is 0 Å². The van der Waals surface area contributed by atoms with Crippen molar-refractivity contribution in [3.63, 3.8) is 0 Å². The van der Waals surface area contributed by atoms with E-state index in [-0.39, 0.29) is 18.0 Å². The summed E-state index contributed by atoms with van der Waals surface area (Å²) in [6.45, 7) is 3.89. The van der Waals surface area contributed by atoms with Crippen LogP contribution in [0.25, 0.3) is 10.8 Å². The fourth-order valence-corrected chi connectivity index (χ4v) is 2.40. The van der Waals surface area contributed by atoms with E-state index in [2.05, 4.69) is 10.4 Å². The van der Waals surface area contributed by atoms with Crippen molar-refractivity contribution in [2.24, 2.45) is 0 Å². The molecule has 0 fully saturated rings. The molecule has 0 saturated heterocycles. The number of anilines is 1. The molecule has 1 heterocycles. The molecule has 1 amide bonds. The van der Waals surface area contributed by atoms with Crippen molar-refractivity contribution in [1.29, 1.82) is 0 Å². The van der Waals surface area contributed by atoms with Crippen molar-refractivity contribution in [3.05, 3.63) is 70.1 Å². The van der Waals surface area contributed by atoms with E-state index in [0.717, 1.165) is 16.5 Å². The summed E-state index contributed by atoms with van der Waals surface area (Å²) in [5.41, 5.74) is 2.71. The van der Waals surface area contributed by atoms with E-state index in [0.29, 0.717) is 11.1 Å². The minimum Gasteiger partial charge on any atom is -0.324 e. The number of carbonyl (C=O) groups excluding carboxylic acids is 1. The molecular formula is C18H17N3O2. The van der Waals surface area contributed by atoms with Crippen LogP contribution in [0.5, 0.6) is 0 Å². The van der Waals surface area contributed by atoms with Gasteiger partial charge in [-0.3, -0.25) is 9.59 Å². The molecule has 3 rings (SSSR count). The molecule has 1 aromatic heterocycles. The summed E-state index contributed by atoms with van der Waals surface area (Å²) in [7, 11) is 0. The van der Waals surface area contributed by atoms with E-state index in [1.165, 1.54) is 4.68 Å². The van der Waals surface area contributed by atoms with Gasteiger partial charge >= 0.3 is 0 Å². The lowest BCUT2D eigenvalue weighted by atomic mass is 10.1. The van der Waals surface area contributed by atoms with Gasteiger partial charge in [0, 0.05) is 11.1 Å². The third-order valence-electron chi connectivity index (χ3n) is 3.85. The van der Waals surface area contributed by atoms with Crippen molar-refractivity contribution in [2.75, 3.05) is 5.32 Å². The highest BCUT2D eigenvalue weighted by molar-refractivity contribution is 5.90. The summed E-state index contributed by atoms with van der Waals surface area (Å²) in [6.07, 6.45) is 1.60. The van der Waals surface area contributed by atoms with Gasteiger partial charge in [0.2, 0.25) is 5.91 Å². The molecule has 116 valence electrons. The Morgan fingerprint density at radius 3 is 2.70 bits per heavy atom. The monoisotopic (exact) mass is 307 g/mol. The molecule has 0 spiro atoms. The van der Waals surface area contributed by atoms with Gasteiger partial charge in [-0.2, -0.15) is 5.10 Å². The molecule has 5 heteroatoms. The second kappa shape index (κ2) is 6.04. The number of fused-ring (bicyclic) bond motifs is 1. The summed E-state index contributed by atoms with van der Waals surface area (Å²) in [6, 6.07) is 12.9. The first-order valence-electron chi connectivity index (χ1n) is 7.36. The van der Waals surface area contributed by atoms with Gasteiger partial charge in [0.05, 0.1) is 11.6 Å². The number of nitrogens with zero attached hydrogens (tertiary/aromatic N) is 2. The summed E-state index contributed by atoms with van der Waals surface area (Å²) >= 11 is 0. The molecule has 0 radical (unpaired) electrons. The van der Waals surface area contributed by atoms with E-state index in [1.807, 2.05) is 44.2 Å². The summed E-state index contributed by atoms with van der Waals surface area (Å²) in [5.74, 6) is -0.280. The van der Waals surface area contributed by atoms with Gasteiger partial charge in [0.1, 0.15) is 6.54 Å². The molecule has 23 heavy (non-hydrogen) atoms. The molecular weight excluding hydrogens is 290 g/mol. The van der Waals surface area contributed by atoms with Gasteiger partial charge in [-0.25, -0.2) is 4.68 Å². The maximum atomic E-state index is 12.3. The normalized spacial score (nSPS) is 10.7. The lowest BCUT2D eigenvalue weighted by molar-refractivity contribution is -0.117. The number of benzene rings is 2.